The average Bonchev–Trinajstić information content (AvgIpc) is 2.66. The SMILES string of the molecule is Cc1ccc(C(=NCCN(C)C)NO)c(Oc2cccc3ccccc23)n1. The topological polar surface area (TPSA) is 70.0 Å². The van der Waals surface area contributed by atoms with E-state index in [1.54, 1.807) is 0 Å². The number of hydrogen-bond donors (Lipinski definition) is 2. The van der Waals surface area contributed by atoms with Gasteiger partial charge in [-0.15, -0.1) is 0 Å². The minimum Gasteiger partial charge on any atom is -0.438 e. The van der Waals surface area contributed by atoms with Gasteiger partial charge >= 0.3 is 0 Å². The lowest BCUT2D eigenvalue weighted by Gasteiger charge is -2.14. The highest BCUT2D eigenvalue weighted by molar-refractivity contribution is 6.00. The number of pyridine rings is 1. The van der Waals surface area contributed by atoms with Crippen LogP contribution in [0.25, 0.3) is 10.8 Å². The van der Waals surface area contributed by atoms with Crippen LogP contribution in [0.3, 0.4) is 0 Å². The molecule has 0 saturated carbocycles. The van der Waals surface area contributed by atoms with Crippen LogP contribution in [0.4, 0.5) is 0 Å². The standard InChI is InChI=1S/C21H24N4O2/c1-15-11-12-18(20(24-26)22-13-14-25(2)3)21(23-15)27-19-10-6-8-16-7-4-5-9-17(16)19/h4-12,26H,13-14H2,1-3H3,(H,22,24). The average molecular weight is 364 g/mol. The van der Waals surface area contributed by atoms with E-state index in [9.17, 15) is 5.21 Å². The number of benzene rings is 2. The summed E-state index contributed by atoms with van der Waals surface area (Å²) < 4.78 is 6.16. The summed E-state index contributed by atoms with van der Waals surface area (Å²) >= 11 is 0. The van der Waals surface area contributed by atoms with Gasteiger partial charge in [0, 0.05) is 17.6 Å². The molecule has 0 amide bonds. The van der Waals surface area contributed by atoms with E-state index in [0.29, 0.717) is 29.6 Å². The molecule has 3 aromatic rings. The highest BCUT2D eigenvalue weighted by Gasteiger charge is 2.14. The molecule has 0 bridgehead atoms. The van der Waals surface area contributed by atoms with Crippen molar-refractivity contribution in [2.24, 2.45) is 4.99 Å². The first kappa shape index (κ1) is 18.8. The van der Waals surface area contributed by atoms with Gasteiger partial charge in [0.05, 0.1) is 12.1 Å². The molecule has 0 radical (unpaired) electrons. The summed E-state index contributed by atoms with van der Waals surface area (Å²) in [5.41, 5.74) is 3.61. The lowest BCUT2D eigenvalue weighted by molar-refractivity contribution is 0.234. The van der Waals surface area contributed by atoms with Crippen molar-refractivity contribution in [1.29, 1.82) is 0 Å². The molecule has 3 rings (SSSR count). The summed E-state index contributed by atoms with van der Waals surface area (Å²) in [4.78, 5) is 11.0. The predicted molar refractivity (Wildman–Crippen MR) is 108 cm³/mol. The van der Waals surface area contributed by atoms with E-state index in [1.807, 2.05) is 80.5 Å². The van der Waals surface area contributed by atoms with Gasteiger partial charge in [0.1, 0.15) is 5.75 Å². The number of nitrogens with one attached hydrogen (secondary N) is 1. The van der Waals surface area contributed by atoms with Gasteiger partial charge in [-0.2, -0.15) is 0 Å². The third-order valence-electron chi connectivity index (χ3n) is 4.13. The zero-order chi connectivity index (χ0) is 19.2. The normalized spacial score (nSPS) is 11.8. The van der Waals surface area contributed by atoms with Crippen molar-refractivity contribution < 1.29 is 9.94 Å². The Hall–Kier alpha value is -2.96. The molecule has 27 heavy (non-hydrogen) atoms. The number of hydroxylamine groups is 1. The van der Waals surface area contributed by atoms with Crippen LogP contribution in [0.5, 0.6) is 11.6 Å². The van der Waals surface area contributed by atoms with Crippen LogP contribution in [-0.2, 0) is 0 Å². The molecular formula is C21H24N4O2. The van der Waals surface area contributed by atoms with Crippen molar-refractivity contribution >= 4 is 16.6 Å². The van der Waals surface area contributed by atoms with Crippen molar-refractivity contribution in [3.8, 4) is 11.6 Å². The molecule has 0 unspecified atom stereocenters. The molecule has 0 aliphatic rings. The smallest absolute Gasteiger partial charge is 0.230 e. The largest absolute Gasteiger partial charge is 0.438 e. The molecule has 0 fully saturated rings. The summed E-state index contributed by atoms with van der Waals surface area (Å²) in [5, 5.41) is 11.7. The van der Waals surface area contributed by atoms with Gasteiger partial charge in [0.15, 0.2) is 5.84 Å². The van der Waals surface area contributed by atoms with Crippen LogP contribution in [0, 0.1) is 6.92 Å². The number of amidine groups is 1. The molecule has 2 N–H and O–H groups in total. The molecule has 2 aromatic carbocycles. The number of aromatic nitrogens is 1. The molecule has 6 heteroatoms. The number of ether oxygens (including phenoxy) is 1. The number of hydrogen-bond acceptors (Lipinski definition) is 5. The maximum Gasteiger partial charge on any atom is 0.230 e. The number of nitrogens with zero attached hydrogens (tertiary/aromatic N) is 3. The van der Waals surface area contributed by atoms with E-state index in [0.717, 1.165) is 23.0 Å². The van der Waals surface area contributed by atoms with Crippen LogP contribution < -0.4 is 10.2 Å². The fourth-order valence-corrected chi connectivity index (χ4v) is 2.72. The summed E-state index contributed by atoms with van der Waals surface area (Å²) in [6, 6.07) is 17.6. The van der Waals surface area contributed by atoms with Crippen LogP contribution in [0.1, 0.15) is 11.3 Å². The Morgan fingerprint density at radius 3 is 2.67 bits per heavy atom. The first-order chi connectivity index (χ1) is 13.1. The Morgan fingerprint density at radius 1 is 1.11 bits per heavy atom. The number of likely N-dealkylation sites (N-methyl/N-ethyl adjacent to an activating group) is 1. The number of rotatable bonds is 6. The lowest BCUT2D eigenvalue weighted by Crippen LogP contribution is -2.24. The second-order valence-electron chi connectivity index (χ2n) is 6.53. The quantitative estimate of drug-likeness (QED) is 0.397. The molecule has 6 nitrogen and oxygen atoms in total. The van der Waals surface area contributed by atoms with Crippen molar-refractivity contribution in [3.63, 3.8) is 0 Å². The minimum absolute atomic E-state index is 0.333. The van der Waals surface area contributed by atoms with Gasteiger partial charge in [0.2, 0.25) is 5.88 Å². The van der Waals surface area contributed by atoms with Crippen LogP contribution >= 0.6 is 0 Å². The Labute approximate surface area is 159 Å². The number of aliphatic imine (C=N–C) groups is 1. The zero-order valence-electron chi connectivity index (χ0n) is 15.8. The van der Waals surface area contributed by atoms with E-state index in [4.69, 9.17) is 4.74 Å². The molecule has 1 heterocycles. The molecule has 0 spiro atoms. The van der Waals surface area contributed by atoms with Crippen LogP contribution in [-0.4, -0.2) is 48.1 Å². The molecular weight excluding hydrogens is 340 g/mol. The summed E-state index contributed by atoms with van der Waals surface area (Å²) in [6.45, 7) is 3.20. The fourth-order valence-electron chi connectivity index (χ4n) is 2.72. The first-order valence-electron chi connectivity index (χ1n) is 8.81. The first-order valence-corrected chi connectivity index (χ1v) is 8.81. The van der Waals surface area contributed by atoms with Crippen molar-refractivity contribution in [2.75, 3.05) is 27.2 Å². The second-order valence-corrected chi connectivity index (χ2v) is 6.53. The van der Waals surface area contributed by atoms with Gasteiger partial charge in [-0.25, -0.2) is 4.98 Å². The van der Waals surface area contributed by atoms with E-state index in [-0.39, 0.29) is 0 Å². The molecule has 1 aromatic heterocycles. The maximum absolute atomic E-state index is 9.60. The van der Waals surface area contributed by atoms with Crippen molar-refractivity contribution in [3.05, 3.63) is 65.9 Å². The Kier molecular flexibility index (Phi) is 6.01. The summed E-state index contributed by atoms with van der Waals surface area (Å²) in [5.74, 6) is 1.44. The van der Waals surface area contributed by atoms with E-state index in [1.165, 1.54) is 0 Å². The Balaban J connectivity index is 1.98. The summed E-state index contributed by atoms with van der Waals surface area (Å²) in [7, 11) is 3.95. The van der Waals surface area contributed by atoms with E-state index >= 15 is 0 Å². The fraction of sp³-hybridized carbons (Fsp3) is 0.238. The molecule has 0 saturated heterocycles. The van der Waals surface area contributed by atoms with Crippen molar-refractivity contribution in [1.82, 2.24) is 15.4 Å². The molecule has 0 aliphatic carbocycles. The molecule has 140 valence electrons. The number of fused-ring (bicyclic) bond motifs is 1. The van der Waals surface area contributed by atoms with Gasteiger partial charge in [-0.3, -0.25) is 15.7 Å². The molecule has 0 aliphatic heterocycles. The maximum atomic E-state index is 9.60. The second kappa shape index (κ2) is 8.62. The van der Waals surface area contributed by atoms with Gasteiger partial charge in [-0.1, -0.05) is 36.4 Å². The predicted octanol–water partition coefficient (Wildman–Crippen LogP) is 3.62. The van der Waals surface area contributed by atoms with Crippen LogP contribution in [0.15, 0.2) is 59.6 Å². The zero-order valence-corrected chi connectivity index (χ0v) is 15.8. The van der Waals surface area contributed by atoms with E-state index < -0.39 is 0 Å². The Bertz CT molecular complexity index is 949. The Morgan fingerprint density at radius 2 is 1.89 bits per heavy atom. The third kappa shape index (κ3) is 4.61. The van der Waals surface area contributed by atoms with Gasteiger partial charge in [-0.05, 0) is 44.6 Å². The minimum atomic E-state index is 0.333. The van der Waals surface area contributed by atoms with Crippen molar-refractivity contribution in [2.45, 2.75) is 6.92 Å². The highest BCUT2D eigenvalue weighted by atomic mass is 16.5. The molecule has 0 atom stereocenters. The third-order valence-corrected chi connectivity index (χ3v) is 4.13. The van der Waals surface area contributed by atoms with Gasteiger partial charge < -0.3 is 9.64 Å². The summed E-state index contributed by atoms with van der Waals surface area (Å²) in [6.07, 6.45) is 0. The van der Waals surface area contributed by atoms with Crippen LogP contribution in [0.2, 0.25) is 0 Å². The van der Waals surface area contributed by atoms with E-state index in [2.05, 4.69) is 15.5 Å². The number of aryl methyl sites for hydroxylation is 1. The van der Waals surface area contributed by atoms with Gasteiger partial charge in [0.25, 0.3) is 0 Å². The monoisotopic (exact) mass is 364 g/mol. The highest BCUT2D eigenvalue weighted by Crippen LogP contribution is 2.30. The lowest BCUT2D eigenvalue weighted by atomic mass is 10.1.